The molecule has 74 valence electrons. The standard InChI is InChI=1S/C8H13NO4/c1-6-3-13-4-8(6,9-5-10)2-7(11)12/h5-6H,2-4H2,1H3,(H,9,10)(H,11,12). The highest BCUT2D eigenvalue weighted by Crippen LogP contribution is 2.28. The van der Waals surface area contributed by atoms with Crippen LogP contribution in [0, 0.1) is 5.92 Å². The fourth-order valence-electron chi connectivity index (χ4n) is 1.57. The second kappa shape index (κ2) is 3.74. The van der Waals surface area contributed by atoms with Crippen LogP contribution in [-0.2, 0) is 14.3 Å². The third kappa shape index (κ3) is 1.98. The van der Waals surface area contributed by atoms with Crippen molar-refractivity contribution in [2.45, 2.75) is 18.9 Å². The van der Waals surface area contributed by atoms with Crippen LogP contribution < -0.4 is 5.32 Å². The third-order valence-corrected chi connectivity index (χ3v) is 2.48. The van der Waals surface area contributed by atoms with E-state index in [4.69, 9.17) is 9.84 Å². The van der Waals surface area contributed by atoms with Crippen LogP contribution in [0.3, 0.4) is 0 Å². The summed E-state index contributed by atoms with van der Waals surface area (Å²) in [5.74, 6) is -0.888. The molecular formula is C8H13NO4. The van der Waals surface area contributed by atoms with Gasteiger partial charge in [-0.3, -0.25) is 9.59 Å². The molecule has 1 saturated heterocycles. The quantitative estimate of drug-likeness (QED) is 0.588. The van der Waals surface area contributed by atoms with Crippen molar-refractivity contribution in [3.63, 3.8) is 0 Å². The van der Waals surface area contributed by atoms with Crippen molar-refractivity contribution < 1.29 is 19.4 Å². The molecule has 0 radical (unpaired) electrons. The highest BCUT2D eigenvalue weighted by atomic mass is 16.5. The lowest BCUT2D eigenvalue weighted by molar-refractivity contribution is -0.139. The number of carboxylic acid groups (broad SMARTS) is 1. The van der Waals surface area contributed by atoms with Crippen molar-refractivity contribution in [3.05, 3.63) is 0 Å². The summed E-state index contributed by atoms with van der Waals surface area (Å²) in [7, 11) is 0. The summed E-state index contributed by atoms with van der Waals surface area (Å²) in [6, 6.07) is 0. The first-order valence-corrected chi connectivity index (χ1v) is 4.11. The normalized spacial score (nSPS) is 32.8. The van der Waals surface area contributed by atoms with E-state index in [0.717, 1.165) is 0 Å². The molecule has 0 saturated carbocycles. The molecule has 1 rings (SSSR count). The summed E-state index contributed by atoms with van der Waals surface area (Å²) in [4.78, 5) is 20.9. The molecule has 2 unspecified atom stereocenters. The van der Waals surface area contributed by atoms with Gasteiger partial charge in [0.2, 0.25) is 6.41 Å². The Labute approximate surface area is 76.1 Å². The Balaban J connectivity index is 2.73. The third-order valence-electron chi connectivity index (χ3n) is 2.48. The highest BCUT2D eigenvalue weighted by molar-refractivity contribution is 5.69. The highest BCUT2D eigenvalue weighted by Gasteiger charge is 2.42. The lowest BCUT2D eigenvalue weighted by Crippen LogP contribution is -2.51. The van der Waals surface area contributed by atoms with Gasteiger partial charge in [0.25, 0.3) is 0 Å². The fourth-order valence-corrected chi connectivity index (χ4v) is 1.57. The van der Waals surface area contributed by atoms with Crippen molar-refractivity contribution in [1.29, 1.82) is 0 Å². The monoisotopic (exact) mass is 187 g/mol. The Kier molecular flexibility index (Phi) is 2.87. The van der Waals surface area contributed by atoms with Crippen molar-refractivity contribution in [2.24, 2.45) is 5.92 Å². The van der Waals surface area contributed by atoms with Gasteiger partial charge in [0.05, 0.1) is 25.2 Å². The summed E-state index contributed by atoms with van der Waals surface area (Å²) >= 11 is 0. The number of hydrogen-bond acceptors (Lipinski definition) is 3. The molecule has 0 aromatic heterocycles. The lowest BCUT2D eigenvalue weighted by Gasteiger charge is -2.29. The Morgan fingerprint density at radius 3 is 2.92 bits per heavy atom. The molecule has 0 bridgehead atoms. The van der Waals surface area contributed by atoms with Crippen molar-refractivity contribution in [1.82, 2.24) is 5.32 Å². The van der Waals surface area contributed by atoms with Gasteiger partial charge in [0.1, 0.15) is 0 Å². The molecule has 1 fully saturated rings. The molecule has 1 amide bonds. The van der Waals surface area contributed by atoms with Crippen LogP contribution in [0.5, 0.6) is 0 Å². The van der Waals surface area contributed by atoms with Crippen molar-refractivity contribution in [3.8, 4) is 0 Å². The average molecular weight is 187 g/mol. The van der Waals surface area contributed by atoms with Gasteiger partial charge in [-0.1, -0.05) is 6.92 Å². The molecule has 0 aliphatic carbocycles. The fraction of sp³-hybridized carbons (Fsp3) is 0.750. The number of carbonyl (C=O) groups excluding carboxylic acids is 1. The Hall–Kier alpha value is -1.10. The first-order valence-electron chi connectivity index (χ1n) is 4.11. The van der Waals surface area contributed by atoms with E-state index < -0.39 is 11.5 Å². The van der Waals surface area contributed by atoms with Crippen LogP contribution in [0.25, 0.3) is 0 Å². The molecule has 2 atom stereocenters. The summed E-state index contributed by atoms with van der Waals surface area (Å²) in [6.45, 7) is 2.64. The van der Waals surface area contributed by atoms with Crippen LogP contribution in [-0.4, -0.2) is 36.2 Å². The predicted molar refractivity (Wildman–Crippen MR) is 44.2 cm³/mol. The van der Waals surface area contributed by atoms with Gasteiger partial charge < -0.3 is 15.2 Å². The molecule has 13 heavy (non-hydrogen) atoms. The van der Waals surface area contributed by atoms with E-state index in [-0.39, 0.29) is 18.9 Å². The maximum absolute atomic E-state index is 10.6. The molecule has 0 aromatic carbocycles. The summed E-state index contributed by atoms with van der Waals surface area (Å²) < 4.78 is 5.14. The van der Waals surface area contributed by atoms with E-state index >= 15 is 0 Å². The van der Waals surface area contributed by atoms with E-state index in [1.807, 2.05) is 6.92 Å². The Bertz CT molecular complexity index is 218. The number of hydrogen-bond donors (Lipinski definition) is 2. The SMILES string of the molecule is CC1COCC1(CC(=O)O)NC=O. The second-order valence-electron chi connectivity index (χ2n) is 3.41. The summed E-state index contributed by atoms with van der Waals surface area (Å²) in [6.07, 6.45) is 0.445. The molecular weight excluding hydrogens is 174 g/mol. The maximum atomic E-state index is 10.6. The van der Waals surface area contributed by atoms with E-state index in [1.165, 1.54) is 0 Å². The van der Waals surface area contributed by atoms with Crippen molar-refractivity contribution in [2.75, 3.05) is 13.2 Å². The van der Waals surface area contributed by atoms with E-state index in [0.29, 0.717) is 13.0 Å². The van der Waals surface area contributed by atoms with Gasteiger partial charge in [-0.2, -0.15) is 0 Å². The number of carbonyl (C=O) groups is 2. The zero-order valence-electron chi connectivity index (χ0n) is 7.45. The average Bonchev–Trinajstić information content (AvgIpc) is 2.32. The molecule has 5 heteroatoms. The molecule has 5 nitrogen and oxygen atoms in total. The van der Waals surface area contributed by atoms with E-state index in [9.17, 15) is 9.59 Å². The van der Waals surface area contributed by atoms with Gasteiger partial charge in [-0.05, 0) is 0 Å². The van der Waals surface area contributed by atoms with Crippen molar-refractivity contribution >= 4 is 12.4 Å². The molecule has 1 heterocycles. The first-order chi connectivity index (χ1) is 6.10. The molecule has 2 N–H and O–H groups in total. The maximum Gasteiger partial charge on any atom is 0.305 e. The molecule has 0 aromatic rings. The Morgan fingerprint density at radius 1 is 1.85 bits per heavy atom. The minimum Gasteiger partial charge on any atom is -0.481 e. The lowest BCUT2D eigenvalue weighted by atomic mass is 9.85. The molecule has 1 aliphatic rings. The number of ether oxygens (including phenoxy) is 1. The number of carboxylic acids is 1. The van der Waals surface area contributed by atoms with Crippen LogP contribution in [0.4, 0.5) is 0 Å². The van der Waals surface area contributed by atoms with Crippen LogP contribution in [0.2, 0.25) is 0 Å². The van der Waals surface area contributed by atoms with E-state index in [2.05, 4.69) is 5.32 Å². The van der Waals surface area contributed by atoms with Crippen LogP contribution in [0.1, 0.15) is 13.3 Å². The minimum absolute atomic E-state index is 0.0359. The number of nitrogens with one attached hydrogen (secondary N) is 1. The number of aliphatic carboxylic acids is 1. The van der Waals surface area contributed by atoms with E-state index in [1.54, 1.807) is 0 Å². The first kappa shape index (κ1) is 9.98. The smallest absolute Gasteiger partial charge is 0.305 e. The van der Waals surface area contributed by atoms with Gasteiger partial charge in [-0.25, -0.2) is 0 Å². The van der Waals surface area contributed by atoms with Gasteiger partial charge in [0, 0.05) is 5.92 Å². The van der Waals surface area contributed by atoms with Gasteiger partial charge in [0.15, 0.2) is 0 Å². The topological polar surface area (TPSA) is 75.6 Å². The second-order valence-corrected chi connectivity index (χ2v) is 3.41. The molecule has 0 spiro atoms. The zero-order valence-corrected chi connectivity index (χ0v) is 7.45. The van der Waals surface area contributed by atoms with Crippen LogP contribution in [0.15, 0.2) is 0 Å². The van der Waals surface area contributed by atoms with Gasteiger partial charge >= 0.3 is 5.97 Å². The van der Waals surface area contributed by atoms with Crippen LogP contribution >= 0.6 is 0 Å². The molecule has 1 aliphatic heterocycles. The van der Waals surface area contributed by atoms with Gasteiger partial charge in [-0.15, -0.1) is 0 Å². The minimum atomic E-state index is -0.924. The summed E-state index contributed by atoms with van der Waals surface area (Å²) in [5.41, 5.74) is -0.715. The largest absolute Gasteiger partial charge is 0.481 e. The predicted octanol–water partition coefficient (Wildman–Crippen LogP) is -0.388. The number of rotatable bonds is 4. The zero-order chi connectivity index (χ0) is 9.90. The summed E-state index contributed by atoms with van der Waals surface area (Å²) in [5, 5.41) is 11.2. The Morgan fingerprint density at radius 2 is 2.54 bits per heavy atom. The number of amides is 1.